The summed E-state index contributed by atoms with van der Waals surface area (Å²) in [5.74, 6) is 1.05. The van der Waals surface area contributed by atoms with Crippen LogP contribution in [-0.4, -0.2) is 36.1 Å². The first kappa shape index (κ1) is 17.3. The van der Waals surface area contributed by atoms with E-state index in [4.69, 9.17) is 32.4 Å². The summed E-state index contributed by atoms with van der Waals surface area (Å²) >= 11 is 12.3. The molecule has 3 rings (SSSR count). The molecular weight excluding hydrogens is 349 g/mol. The van der Waals surface area contributed by atoms with Crippen LogP contribution in [0.5, 0.6) is 0 Å². The molecule has 1 aromatic carbocycles. The predicted octanol–water partition coefficient (Wildman–Crippen LogP) is 4.81. The number of halogens is 2. The van der Waals surface area contributed by atoms with E-state index < -0.39 is 0 Å². The average molecular weight is 368 g/mol. The number of nitrogens with zero attached hydrogens (tertiary/aromatic N) is 1. The summed E-state index contributed by atoms with van der Waals surface area (Å²) in [6.07, 6.45) is 0.0403. The molecule has 1 aliphatic rings. The van der Waals surface area contributed by atoms with Crippen LogP contribution in [0.1, 0.15) is 30.0 Å². The van der Waals surface area contributed by atoms with Crippen molar-refractivity contribution in [2.45, 2.75) is 33.0 Å². The van der Waals surface area contributed by atoms with Crippen LogP contribution >= 0.6 is 23.2 Å². The standard InChI is InChI=1S/C18H19Cl2NO3/c1-10-8-21(9-11(2)23-10)18(22)14-7-17(24-12(14)3)15-6-13(19)4-5-16(15)20/h4-7,10-11H,8-9H2,1-3H3/t10-,11-/m1/s1. The summed E-state index contributed by atoms with van der Waals surface area (Å²) in [7, 11) is 0. The lowest BCUT2D eigenvalue weighted by molar-refractivity contribution is -0.0586. The van der Waals surface area contributed by atoms with Gasteiger partial charge in [-0.15, -0.1) is 0 Å². The molecule has 4 nitrogen and oxygen atoms in total. The van der Waals surface area contributed by atoms with E-state index in [9.17, 15) is 4.79 Å². The van der Waals surface area contributed by atoms with Gasteiger partial charge in [-0.3, -0.25) is 4.79 Å². The molecule has 0 bridgehead atoms. The average Bonchev–Trinajstić information content (AvgIpc) is 2.89. The van der Waals surface area contributed by atoms with Crippen LogP contribution in [0.15, 0.2) is 28.7 Å². The van der Waals surface area contributed by atoms with Crippen LogP contribution < -0.4 is 0 Å². The van der Waals surface area contributed by atoms with Gasteiger partial charge in [0.1, 0.15) is 11.5 Å². The number of hydrogen-bond donors (Lipinski definition) is 0. The Labute approximate surface area is 151 Å². The molecule has 2 atom stereocenters. The molecule has 0 radical (unpaired) electrons. The fraction of sp³-hybridized carbons (Fsp3) is 0.389. The molecule has 1 aromatic heterocycles. The normalized spacial score (nSPS) is 21.1. The number of benzene rings is 1. The Morgan fingerprint density at radius 3 is 2.50 bits per heavy atom. The molecule has 1 amide bonds. The molecule has 0 unspecified atom stereocenters. The summed E-state index contributed by atoms with van der Waals surface area (Å²) in [5.41, 5.74) is 1.22. The Balaban J connectivity index is 1.91. The van der Waals surface area contributed by atoms with Gasteiger partial charge in [-0.25, -0.2) is 0 Å². The van der Waals surface area contributed by atoms with Crippen molar-refractivity contribution in [1.82, 2.24) is 4.90 Å². The van der Waals surface area contributed by atoms with Gasteiger partial charge < -0.3 is 14.1 Å². The topological polar surface area (TPSA) is 42.7 Å². The second kappa shape index (κ2) is 6.79. The lowest BCUT2D eigenvalue weighted by atomic mass is 10.1. The van der Waals surface area contributed by atoms with E-state index >= 15 is 0 Å². The summed E-state index contributed by atoms with van der Waals surface area (Å²) < 4.78 is 11.5. The molecule has 6 heteroatoms. The quantitative estimate of drug-likeness (QED) is 0.764. The third kappa shape index (κ3) is 3.46. The molecule has 2 heterocycles. The van der Waals surface area contributed by atoms with E-state index in [0.717, 1.165) is 0 Å². The molecular formula is C18H19Cl2NO3. The maximum Gasteiger partial charge on any atom is 0.257 e. The van der Waals surface area contributed by atoms with Gasteiger partial charge in [-0.1, -0.05) is 23.2 Å². The zero-order chi connectivity index (χ0) is 17.4. The first-order chi connectivity index (χ1) is 11.3. The van der Waals surface area contributed by atoms with Crippen molar-refractivity contribution in [2.24, 2.45) is 0 Å². The minimum Gasteiger partial charge on any atom is -0.460 e. The van der Waals surface area contributed by atoms with Gasteiger partial charge in [-0.05, 0) is 45.0 Å². The number of carbonyl (C=O) groups excluding carboxylic acids is 1. The number of furan rings is 1. The van der Waals surface area contributed by atoms with Crippen molar-refractivity contribution in [1.29, 1.82) is 0 Å². The van der Waals surface area contributed by atoms with Crippen LogP contribution in [0.2, 0.25) is 10.0 Å². The zero-order valence-corrected chi connectivity index (χ0v) is 15.3. The van der Waals surface area contributed by atoms with Gasteiger partial charge in [0.05, 0.1) is 22.8 Å². The molecule has 24 heavy (non-hydrogen) atoms. The number of rotatable bonds is 2. The lowest BCUT2D eigenvalue weighted by Gasteiger charge is -2.35. The maximum atomic E-state index is 12.9. The first-order valence-corrected chi connectivity index (χ1v) is 8.61. The molecule has 0 aliphatic carbocycles. The first-order valence-electron chi connectivity index (χ1n) is 7.85. The fourth-order valence-electron chi connectivity index (χ4n) is 3.03. The molecule has 1 aliphatic heterocycles. The molecule has 0 N–H and O–H groups in total. The summed E-state index contributed by atoms with van der Waals surface area (Å²) in [6.45, 7) is 6.86. The number of carbonyl (C=O) groups is 1. The van der Waals surface area contributed by atoms with Crippen LogP contribution in [0, 0.1) is 6.92 Å². The largest absolute Gasteiger partial charge is 0.460 e. The summed E-state index contributed by atoms with van der Waals surface area (Å²) in [5, 5.41) is 1.09. The summed E-state index contributed by atoms with van der Waals surface area (Å²) in [4.78, 5) is 14.7. The SMILES string of the molecule is Cc1oc(-c2cc(Cl)ccc2Cl)cc1C(=O)N1C[C@@H](C)O[C@H](C)C1. The summed E-state index contributed by atoms with van der Waals surface area (Å²) in [6, 6.07) is 6.89. The Bertz CT molecular complexity index is 762. The Kier molecular flexibility index (Phi) is 4.90. The highest BCUT2D eigenvalue weighted by Gasteiger charge is 2.29. The van der Waals surface area contributed by atoms with Gasteiger partial charge in [0.2, 0.25) is 0 Å². The number of ether oxygens (including phenoxy) is 1. The smallest absolute Gasteiger partial charge is 0.257 e. The number of morpholine rings is 1. The zero-order valence-electron chi connectivity index (χ0n) is 13.8. The van der Waals surface area contributed by atoms with Crippen LogP contribution in [0.4, 0.5) is 0 Å². The number of amides is 1. The molecule has 2 aromatic rings. The number of aryl methyl sites for hydroxylation is 1. The highest BCUT2D eigenvalue weighted by molar-refractivity contribution is 6.35. The minimum absolute atomic E-state index is 0.0201. The Morgan fingerprint density at radius 2 is 1.83 bits per heavy atom. The van der Waals surface area contributed by atoms with Gasteiger partial charge in [0.25, 0.3) is 5.91 Å². The van der Waals surface area contributed by atoms with Crippen molar-refractivity contribution in [3.8, 4) is 11.3 Å². The molecule has 0 saturated carbocycles. The Morgan fingerprint density at radius 1 is 1.17 bits per heavy atom. The van der Waals surface area contributed by atoms with E-state index in [1.165, 1.54) is 0 Å². The highest BCUT2D eigenvalue weighted by Crippen LogP contribution is 2.33. The van der Waals surface area contributed by atoms with E-state index in [1.807, 2.05) is 13.8 Å². The Hall–Kier alpha value is -1.49. The van der Waals surface area contributed by atoms with Crippen molar-refractivity contribution >= 4 is 29.1 Å². The van der Waals surface area contributed by atoms with Crippen molar-refractivity contribution < 1.29 is 13.9 Å². The van der Waals surface area contributed by atoms with Crippen LogP contribution in [0.3, 0.4) is 0 Å². The maximum absolute atomic E-state index is 12.9. The monoisotopic (exact) mass is 367 g/mol. The van der Waals surface area contributed by atoms with E-state index in [-0.39, 0.29) is 18.1 Å². The van der Waals surface area contributed by atoms with Gasteiger partial charge in [0, 0.05) is 23.7 Å². The molecule has 128 valence electrons. The fourth-order valence-corrected chi connectivity index (χ4v) is 3.41. The third-order valence-corrected chi connectivity index (χ3v) is 4.61. The highest BCUT2D eigenvalue weighted by atomic mass is 35.5. The van der Waals surface area contributed by atoms with Gasteiger partial charge >= 0.3 is 0 Å². The van der Waals surface area contributed by atoms with Crippen LogP contribution in [-0.2, 0) is 4.74 Å². The van der Waals surface area contributed by atoms with E-state index in [1.54, 1.807) is 36.1 Å². The van der Waals surface area contributed by atoms with Crippen molar-refractivity contribution in [3.05, 3.63) is 45.6 Å². The molecule has 1 fully saturated rings. The third-order valence-electron chi connectivity index (χ3n) is 4.05. The lowest BCUT2D eigenvalue weighted by Crippen LogP contribution is -2.48. The van der Waals surface area contributed by atoms with E-state index in [0.29, 0.717) is 45.8 Å². The minimum atomic E-state index is -0.0531. The molecule has 0 spiro atoms. The second-order valence-electron chi connectivity index (χ2n) is 6.17. The van der Waals surface area contributed by atoms with Gasteiger partial charge in [-0.2, -0.15) is 0 Å². The van der Waals surface area contributed by atoms with Crippen molar-refractivity contribution in [3.63, 3.8) is 0 Å². The second-order valence-corrected chi connectivity index (χ2v) is 7.02. The predicted molar refractivity (Wildman–Crippen MR) is 94.8 cm³/mol. The van der Waals surface area contributed by atoms with E-state index in [2.05, 4.69) is 0 Å². The van der Waals surface area contributed by atoms with Crippen LogP contribution in [0.25, 0.3) is 11.3 Å². The van der Waals surface area contributed by atoms with Crippen molar-refractivity contribution in [2.75, 3.05) is 13.1 Å². The molecule has 1 saturated heterocycles. The number of hydrogen-bond acceptors (Lipinski definition) is 3. The van der Waals surface area contributed by atoms with Gasteiger partial charge in [0.15, 0.2) is 0 Å².